The molecule has 2 aromatic carbocycles. The summed E-state index contributed by atoms with van der Waals surface area (Å²) in [6.45, 7) is 8.05. The molecular weight excluding hydrogens is 598 g/mol. The van der Waals surface area contributed by atoms with E-state index in [9.17, 15) is 8.42 Å². The van der Waals surface area contributed by atoms with E-state index < -0.39 is 36.0 Å². The normalized spacial score (nSPS) is 17.7. The smallest absolute Gasteiger partial charge is 0.229 e. The van der Waals surface area contributed by atoms with E-state index in [1.807, 2.05) is 6.92 Å². The molecule has 0 saturated carbocycles. The highest BCUT2D eigenvalue weighted by atomic mass is 35.5. The summed E-state index contributed by atoms with van der Waals surface area (Å²) in [6, 6.07) is 9.82. The van der Waals surface area contributed by atoms with Gasteiger partial charge in [-0.25, -0.2) is 13.4 Å². The number of piperidine rings is 1. The van der Waals surface area contributed by atoms with Gasteiger partial charge in [-0.3, -0.25) is 0 Å². The molecule has 1 saturated heterocycles. The first-order valence-corrected chi connectivity index (χ1v) is 15.8. The molecule has 3 N–H and O–H groups in total. The highest BCUT2D eigenvalue weighted by Crippen LogP contribution is 2.44. The monoisotopic (exact) mass is 627 g/mol. The molecule has 0 unspecified atom stereocenters. The highest BCUT2D eigenvalue weighted by Gasteiger charge is 2.44. The topological polar surface area (TPSA) is 105 Å². The van der Waals surface area contributed by atoms with E-state index in [0.29, 0.717) is 17.0 Å². The summed E-state index contributed by atoms with van der Waals surface area (Å²) in [7, 11) is 40.0. The molecule has 0 aliphatic carbocycles. The van der Waals surface area contributed by atoms with Crippen LogP contribution in [0.1, 0.15) is 51.7 Å². The minimum atomic E-state index is -3.92. The van der Waals surface area contributed by atoms with Gasteiger partial charge in [-0.05, 0) is 74.3 Å². The maximum atomic E-state index is 13.2. The lowest BCUT2D eigenvalue weighted by Gasteiger charge is -2.54. The number of nitrogens with one attached hydrogen (secondary N) is 3. The summed E-state index contributed by atoms with van der Waals surface area (Å²) in [4.78, 5) is 8.79. The number of hydrogen-bond acceptors (Lipinski definition) is 8. The Morgan fingerprint density at radius 2 is 1.56 bits per heavy atom. The fraction of sp³-hybridized carbons (Fsp3) is 0.429. The summed E-state index contributed by atoms with van der Waals surface area (Å²) < 4.78 is 30.9. The van der Waals surface area contributed by atoms with E-state index in [1.165, 1.54) is 26.1 Å². The quantitative estimate of drug-likeness (QED) is 0.312. The Balaban J connectivity index is 1.74. The van der Waals surface area contributed by atoms with Gasteiger partial charge in [0.1, 0.15) is 18.6 Å². The summed E-state index contributed by atoms with van der Waals surface area (Å²) in [5, 5.41) is 5.10. The van der Waals surface area contributed by atoms with Gasteiger partial charge < -0.3 is 20.7 Å². The van der Waals surface area contributed by atoms with Gasteiger partial charge in [0, 0.05) is 4.65 Å². The number of anilines is 4. The van der Waals surface area contributed by atoms with Gasteiger partial charge in [0.05, 0.1) is 75.0 Å². The number of nitrogens with zero attached hydrogens (tertiary/aromatic N) is 2. The zero-order chi connectivity index (χ0) is 33.8. The molecule has 0 atom stereocenters. The molecule has 4 rings (SSSR count). The number of hydrogen-bond donors (Lipinski definition) is 3. The van der Waals surface area contributed by atoms with Gasteiger partial charge in [-0.2, -0.15) is 4.98 Å². The van der Waals surface area contributed by atoms with Crippen LogP contribution in [0.2, 0.25) is 5.02 Å². The molecule has 218 valence electrons. The number of para-hydroxylation sites is 1. The molecule has 3 aromatic rings. The molecule has 1 aliphatic heterocycles. The van der Waals surface area contributed by atoms with Crippen LogP contribution in [-0.2, 0) is 15.2 Å². The van der Waals surface area contributed by atoms with Crippen LogP contribution in [0.4, 0.5) is 23.1 Å². The van der Waals surface area contributed by atoms with Crippen molar-refractivity contribution in [2.75, 3.05) is 10.6 Å². The maximum absolute atomic E-state index is 13.2. The van der Waals surface area contributed by atoms with Crippen LogP contribution >= 0.6 is 11.6 Å². The molecule has 0 bridgehead atoms. The molecule has 14 radical (unpaired) electrons. The second-order valence-corrected chi connectivity index (χ2v) is 15.7. The van der Waals surface area contributed by atoms with Crippen LogP contribution in [0, 0.1) is 6.92 Å². The van der Waals surface area contributed by atoms with Crippen molar-refractivity contribution in [3.8, 4) is 5.75 Å². The van der Waals surface area contributed by atoms with Crippen LogP contribution in [0.3, 0.4) is 0 Å². The van der Waals surface area contributed by atoms with E-state index in [4.69, 9.17) is 71.3 Å². The molecule has 2 heterocycles. The highest BCUT2D eigenvalue weighted by molar-refractivity contribution is 7.94. The molecule has 1 aromatic heterocycles. The van der Waals surface area contributed by atoms with Gasteiger partial charge in [0.15, 0.2) is 15.7 Å². The minimum Gasteiger partial charge on any atom is -0.496 e. The molecule has 17 heteroatoms. The van der Waals surface area contributed by atoms with Crippen molar-refractivity contribution in [2.24, 2.45) is 0 Å². The van der Waals surface area contributed by atoms with Crippen molar-refractivity contribution in [1.82, 2.24) is 15.3 Å². The first kappa shape index (κ1) is 35.4. The minimum absolute atomic E-state index is 0.0136. The maximum Gasteiger partial charge on any atom is 0.229 e. The zero-order valence-corrected chi connectivity index (χ0v) is 27.5. The van der Waals surface area contributed by atoms with Gasteiger partial charge in [-0.1, -0.05) is 48.3 Å². The van der Waals surface area contributed by atoms with Crippen molar-refractivity contribution in [3.05, 3.63) is 58.7 Å². The van der Waals surface area contributed by atoms with Crippen molar-refractivity contribution in [3.63, 3.8) is 0 Å². The largest absolute Gasteiger partial charge is 0.496 e. The molecule has 8 nitrogen and oxygen atoms in total. The number of halogens is 1. The zero-order valence-electron chi connectivity index (χ0n) is 25.9. The Kier molecular flexibility index (Phi) is 9.43. The van der Waals surface area contributed by atoms with E-state index in [2.05, 4.69) is 25.9 Å². The Morgan fingerprint density at radius 1 is 0.956 bits per heavy atom. The third-order valence-electron chi connectivity index (χ3n) is 7.03. The van der Waals surface area contributed by atoms with E-state index in [1.54, 1.807) is 44.2 Å². The first-order valence-electron chi connectivity index (χ1n) is 14.0. The van der Waals surface area contributed by atoms with Crippen LogP contribution in [0.15, 0.2) is 47.5 Å². The Hall–Kier alpha value is -2.43. The molecule has 0 amide bonds. The standard InChI is InChI=1S/C28H29B7ClN5O3S/c1-15-10-19(20(44-24(2,3)29)11-16(15)26(31)13-27(32,33)41-28(34,35)14-26)39-23-37-12-17(36)22(40-23)38-18-8-6-7-9-21(18)45(42,43)25(4,5)30/h6-12,41H,13-14H2,1-5H3,(H2,37,38,39,40). The molecule has 1 fully saturated rings. The molecule has 0 spiro atoms. The Morgan fingerprint density at radius 3 is 2.13 bits per heavy atom. The third-order valence-corrected chi connectivity index (χ3v) is 9.63. The average molecular weight is 627 g/mol. The predicted molar refractivity (Wildman–Crippen MR) is 187 cm³/mol. The number of aryl methyl sites for hydroxylation is 1. The molecule has 45 heavy (non-hydrogen) atoms. The van der Waals surface area contributed by atoms with E-state index in [0.717, 1.165) is 5.56 Å². The van der Waals surface area contributed by atoms with Crippen molar-refractivity contribution >= 4 is 99.5 Å². The average Bonchev–Trinajstić information content (AvgIpc) is 2.84. The van der Waals surface area contributed by atoms with E-state index >= 15 is 0 Å². The van der Waals surface area contributed by atoms with Gasteiger partial charge in [0.25, 0.3) is 0 Å². The summed E-state index contributed by atoms with van der Waals surface area (Å²) in [5.41, 5.74) is 0.974. The van der Waals surface area contributed by atoms with Gasteiger partial charge >= 0.3 is 0 Å². The summed E-state index contributed by atoms with van der Waals surface area (Å²) >= 11 is 6.43. The summed E-state index contributed by atoms with van der Waals surface area (Å²) in [6.07, 6.45) is 1.60. The first-order chi connectivity index (χ1) is 20.4. The number of benzene rings is 2. The lowest BCUT2D eigenvalue weighted by molar-refractivity contribution is 0.198. The third kappa shape index (κ3) is 8.12. The lowest BCUT2D eigenvalue weighted by Crippen LogP contribution is -2.68. The fourth-order valence-corrected chi connectivity index (χ4v) is 6.73. The van der Waals surface area contributed by atoms with Gasteiger partial charge in [0.2, 0.25) is 5.95 Å². The fourth-order valence-electron chi connectivity index (χ4n) is 5.36. The molecular formula is C28H29B7ClN5O3S. The van der Waals surface area contributed by atoms with Crippen molar-refractivity contribution in [2.45, 2.75) is 78.5 Å². The second kappa shape index (κ2) is 12.0. The van der Waals surface area contributed by atoms with Crippen molar-refractivity contribution in [1.29, 1.82) is 0 Å². The van der Waals surface area contributed by atoms with Crippen LogP contribution < -0.4 is 20.7 Å². The van der Waals surface area contributed by atoms with Crippen LogP contribution in [0.5, 0.6) is 5.75 Å². The second-order valence-electron chi connectivity index (χ2n) is 12.8. The van der Waals surface area contributed by atoms with Crippen molar-refractivity contribution < 1.29 is 13.2 Å². The SMILES string of the molecule is [B]C1([B])CC([B])(c2cc(OC([B])(C)C)c(Nc3ncc(Cl)c(Nc4ccccc4S(=O)(=O)C([B])(C)C)n3)cc2C)CC([B])([B])N1. The van der Waals surface area contributed by atoms with Crippen LogP contribution in [0.25, 0.3) is 0 Å². The Bertz CT molecular complexity index is 1700. The van der Waals surface area contributed by atoms with E-state index in [-0.39, 0.29) is 40.2 Å². The summed E-state index contributed by atoms with van der Waals surface area (Å²) in [5.74, 6) is 0.575. The number of ether oxygens (including phenoxy) is 1. The molecule has 1 aliphatic rings. The Labute approximate surface area is 280 Å². The lowest BCUT2D eigenvalue weighted by atomic mass is 9.38. The van der Waals surface area contributed by atoms with Gasteiger partial charge in [-0.15, -0.1) is 0 Å². The number of aromatic nitrogens is 2. The van der Waals surface area contributed by atoms with Crippen LogP contribution in [-0.4, -0.2) is 94.1 Å². The number of sulfone groups is 1. The predicted octanol–water partition coefficient (Wildman–Crippen LogP) is 2.62. The number of rotatable bonds is 9.